The van der Waals surface area contributed by atoms with Gasteiger partial charge in [-0.3, -0.25) is 0 Å². The molecule has 21 heavy (non-hydrogen) atoms. The van der Waals surface area contributed by atoms with Gasteiger partial charge in [0.05, 0.1) is 27.9 Å². The van der Waals surface area contributed by atoms with Crippen molar-refractivity contribution in [2.45, 2.75) is 26.3 Å². The first-order valence-corrected chi connectivity index (χ1v) is 7.34. The number of methoxy groups -OCH3 is 3. The summed E-state index contributed by atoms with van der Waals surface area (Å²) in [6, 6.07) is 3.90. The third-order valence-electron chi connectivity index (χ3n) is 3.12. The van der Waals surface area contributed by atoms with Gasteiger partial charge in [0.25, 0.3) is 0 Å². The predicted octanol–water partition coefficient (Wildman–Crippen LogP) is 2.62. The highest BCUT2D eigenvalue weighted by atomic mass is 16.5. The topological polar surface area (TPSA) is 49.0 Å². The molecular formula is C16H27NO4. The second-order valence-corrected chi connectivity index (χ2v) is 4.68. The molecule has 120 valence electrons. The molecule has 1 N–H and O–H groups in total. The summed E-state index contributed by atoms with van der Waals surface area (Å²) in [5.74, 6) is 1.97. The van der Waals surface area contributed by atoms with Gasteiger partial charge in [0, 0.05) is 19.7 Å². The molecule has 0 saturated carbocycles. The SMILES string of the molecule is CCCCOCCNCc1cc(OC)c(OC)c(OC)c1. The summed E-state index contributed by atoms with van der Waals surface area (Å²) in [6.45, 7) is 5.27. The summed E-state index contributed by atoms with van der Waals surface area (Å²) in [6.07, 6.45) is 2.28. The largest absolute Gasteiger partial charge is 0.493 e. The second kappa shape index (κ2) is 10.3. The van der Waals surface area contributed by atoms with E-state index in [0.717, 1.165) is 38.3 Å². The Bertz CT molecular complexity index is 384. The van der Waals surface area contributed by atoms with Gasteiger partial charge in [-0.1, -0.05) is 13.3 Å². The standard InChI is InChI=1S/C16H27NO4/c1-5-6-8-21-9-7-17-12-13-10-14(18-2)16(20-4)15(11-13)19-3/h10-11,17H,5-9,12H2,1-4H3. The van der Waals surface area contributed by atoms with Crippen LogP contribution in [0.4, 0.5) is 0 Å². The monoisotopic (exact) mass is 297 g/mol. The number of rotatable bonds is 11. The van der Waals surface area contributed by atoms with Crippen molar-refractivity contribution in [1.29, 1.82) is 0 Å². The number of unbranched alkanes of at least 4 members (excludes halogenated alkanes) is 1. The Kier molecular flexibility index (Phi) is 8.62. The van der Waals surface area contributed by atoms with Crippen molar-refractivity contribution < 1.29 is 18.9 Å². The van der Waals surface area contributed by atoms with E-state index >= 15 is 0 Å². The van der Waals surface area contributed by atoms with E-state index < -0.39 is 0 Å². The number of hydrogen-bond acceptors (Lipinski definition) is 5. The van der Waals surface area contributed by atoms with Gasteiger partial charge in [0.1, 0.15) is 0 Å². The Morgan fingerprint density at radius 3 is 2.14 bits per heavy atom. The smallest absolute Gasteiger partial charge is 0.203 e. The Hall–Kier alpha value is -1.46. The van der Waals surface area contributed by atoms with Crippen LogP contribution in [0.1, 0.15) is 25.3 Å². The fourth-order valence-electron chi connectivity index (χ4n) is 1.96. The highest BCUT2D eigenvalue weighted by molar-refractivity contribution is 5.53. The summed E-state index contributed by atoms with van der Waals surface area (Å²) in [5.41, 5.74) is 1.08. The third kappa shape index (κ3) is 5.81. The van der Waals surface area contributed by atoms with Crippen LogP contribution in [-0.4, -0.2) is 41.1 Å². The lowest BCUT2D eigenvalue weighted by atomic mass is 10.2. The van der Waals surface area contributed by atoms with Crippen molar-refractivity contribution >= 4 is 0 Å². The van der Waals surface area contributed by atoms with E-state index in [0.29, 0.717) is 17.2 Å². The average Bonchev–Trinajstić information content (AvgIpc) is 2.52. The number of nitrogens with one attached hydrogen (secondary N) is 1. The van der Waals surface area contributed by atoms with Crippen molar-refractivity contribution in [1.82, 2.24) is 5.32 Å². The molecule has 0 saturated heterocycles. The van der Waals surface area contributed by atoms with Crippen LogP contribution >= 0.6 is 0 Å². The normalized spacial score (nSPS) is 10.5. The number of hydrogen-bond donors (Lipinski definition) is 1. The Balaban J connectivity index is 2.48. The molecule has 5 heteroatoms. The number of ether oxygens (including phenoxy) is 4. The maximum atomic E-state index is 5.51. The van der Waals surface area contributed by atoms with Crippen LogP contribution in [0.25, 0.3) is 0 Å². The maximum Gasteiger partial charge on any atom is 0.203 e. The summed E-state index contributed by atoms with van der Waals surface area (Å²) in [4.78, 5) is 0. The molecule has 0 heterocycles. The predicted molar refractivity (Wildman–Crippen MR) is 83.5 cm³/mol. The van der Waals surface area contributed by atoms with Crippen LogP contribution in [0, 0.1) is 0 Å². The molecule has 0 unspecified atom stereocenters. The minimum absolute atomic E-state index is 0.617. The second-order valence-electron chi connectivity index (χ2n) is 4.68. The molecule has 0 radical (unpaired) electrons. The highest BCUT2D eigenvalue weighted by Gasteiger charge is 2.12. The lowest BCUT2D eigenvalue weighted by molar-refractivity contribution is 0.133. The molecule has 0 fully saturated rings. The quantitative estimate of drug-likeness (QED) is 0.636. The van der Waals surface area contributed by atoms with Gasteiger partial charge in [0.2, 0.25) is 5.75 Å². The van der Waals surface area contributed by atoms with Crippen LogP contribution in [0.3, 0.4) is 0 Å². The number of benzene rings is 1. The van der Waals surface area contributed by atoms with E-state index in [1.54, 1.807) is 21.3 Å². The van der Waals surface area contributed by atoms with Crippen molar-refractivity contribution in [3.8, 4) is 17.2 Å². The van der Waals surface area contributed by atoms with E-state index in [-0.39, 0.29) is 0 Å². The third-order valence-corrected chi connectivity index (χ3v) is 3.12. The van der Waals surface area contributed by atoms with Crippen LogP contribution in [-0.2, 0) is 11.3 Å². The van der Waals surface area contributed by atoms with E-state index in [1.165, 1.54) is 6.42 Å². The zero-order chi connectivity index (χ0) is 15.5. The van der Waals surface area contributed by atoms with Crippen LogP contribution in [0.5, 0.6) is 17.2 Å². The average molecular weight is 297 g/mol. The first-order chi connectivity index (χ1) is 10.3. The molecule has 1 aromatic carbocycles. The fraction of sp³-hybridized carbons (Fsp3) is 0.625. The van der Waals surface area contributed by atoms with Gasteiger partial charge >= 0.3 is 0 Å². The van der Waals surface area contributed by atoms with Crippen LogP contribution < -0.4 is 19.5 Å². The lowest BCUT2D eigenvalue weighted by Crippen LogP contribution is -2.19. The molecule has 0 aliphatic rings. The van der Waals surface area contributed by atoms with Crippen molar-refractivity contribution in [2.75, 3.05) is 41.1 Å². The van der Waals surface area contributed by atoms with E-state index in [4.69, 9.17) is 18.9 Å². The molecule has 0 aromatic heterocycles. The lowest BCUT2D eigenvalue weighted by Gasteiger charge is -2.14. The van der Waals surface area contributed by atoms with Gasteiger partial charge in [-0.05, 0) is 24.1 Å². The Morgan fingerprint density at radius 2 is 1.62 bits per heavy atom. The van der Waals surface area contributed by atoms with Gasteiger partial charge in [0.15, 0.2) is 11.5 Å². The minimum Gasteiger partial charge on any atom is -0.493 e. The van der Waals surface area contributed by atoms with Crippen molar-refractivity contribution in [2.24, 2.45) is 0 Å². The molecule has 0 aliphatic carbocycles. The van der Waals surface area contributed by atoms with Gasteiger partial charge in [-0.15, -0.1) is 0 Å². The molecule has 5 nitrogen and oxygen atoms in total. The molecular weight excluding hydrogens is 270 g/mol. The zero-order valence-electron chi connectivity index (χ0n) is 13.5. The maximum absolute atomic E-state index is 5.51. The Labute approximate surface area is 127 Å². The van der Waals surface area contributed by atoms with Gasteiger partial charge < -0.3 is 24.3 Å². The summed E-state index contributed by atoms with van der Waals surface area (Å²) < 4.78 is 21.5. The Morgan fingerprint density at radius 1 is 0.952 bits per heavy atom. The molecule has 0 atom stereocenters. The molecule has 0 bridgehead atoms. The first-order valence-electron chi connectivity index (χ1n) is 7.34. The fourth-order valence-corrected chi connectivity index (χ4v) is 1.96. The summed E-state index contributed by atoms with van der Waals surface area (Å²) in [5, 5.41) is 3.34. The van der Waals surface area contributed by atoms with Crippen LogP contribution in [0.2, 0.25) is 0 Å². The molecule has 1 rings (SSSR count). The van der Waals surface area contributed by atoms with E-state index in [1.807, 2.05) is 12.1 Å². The van der Waals surface area contributed by atoms with Crippen LogP contribution in [0.15, 0.2) is 12.1 Å². The zero-order valence-corrected chi connectivity index (χ0v) is 13.5. The molecule has 0 spiro atoms. The van der Waals surface area contributed by atoms with Gasteiger partial charge in [-0.25, -0.2) is 0 Å². The minimum atomic E-state index is 0.617. The van der Waals surface area contributed by atoms with E-state index in [2.05, 4.69) is 12.2 Å². The molecule has 0 aliphatic heterocycles. The summed E-state index contributed by atoms with van der Waals surface area (Å²) >= 11 is 0. The summed E-state index contributed by atoms with van der Waals surface area (Å²) in [7, 11) is 4.85. The first kappa shape index (κ1) is 17.6. The van der Waals surface area contributed by atoms with E-state index in [9.17, 15) is 0 Å². The molecule has 0 amide bonds. The van der Waals surface area contributed by atoms with Crippen molar-refractivity contribution in [3.05, 3.63) is 17.7 Å². The van der Waals surface area contributed by atoms with Gasteiger partial charge in [-0.2, -0.15) is 0 Å². The van der Waals surface area contributed by atoms with Crippen molar-refractivity contribution in [3.63, 3.8) is 0 Å². The molecule has 1 aromatic rings. The highest BCUT2D eigenvalue weighted by Crippen LogP contribution is 2.38.